The molecule has 0 saturated carbocycles. The van der Waals surface area contributed by atoms with Crippen LogP contribution in [0.4, 0.5) is 8.78 Å². The monoisotopic (exact) mass is 514 g/mol. The molecule has 3 aromatic rings. The maximum Gasteiger partial charge on any atom is 0.187 e. The lowest BCUT2D eigenvalue weighted by molar-refractivity contribution is -0.216. The maximum absolute atomic E-state index is 13.5. The molecule has 38 heavy (non-hydrogen) atoms. The topological polar surface area (TPSA) is 43.8 Å². The van der Waals surface area contributed by atoms with Gasteiger partial charge in [0.15, 0.2) is 5.78 Å². The number of benzene rings is 3. The highest BCUT2D eigenvalue weighted by molar-refractivity contribution is 6.14. The molecular weight excluding hydrogens is 482 g/mol. The summed E-state index contributed by atoms with van der Waals surface area (Å²) in [6, 6.07) is 18.5. The third kappa shape index (κ3) is 4.87. The van der Waals surface area contributed by atoms with Crippen molar-refractivity contribution in [3.63, 3.8) is 0 Å². The average Bonchev–Trinajstić information content (AvgIpc) is 3.01. The Kier molecular flexibility index (Phi) is 6.68. The number of carbonyl (C=O) groups excluding carboxylic acids is 1. The highest BCUT2D eigenvalue weighted by Crippen LogP contribution is 2.48. The smallest absolute Gasteiger partial charge is 0.187 e. The van der Waals surface area contributed by atoms with Crippen LogP contribution in [0, 0.1) is 11.6 Å². The van der Waals surface area contributed by atoms with Crippen molar-refractivity contribution in [2.45, 2.75) is 45.3 Å². The van der Waals surface area contributed by atoms with Crippen LogP contribution in [-0.4, -0.2) is 34.0 Å². The predicted octanol–water partition coefficient (Wildman–Crippen LogP) is 6.69. The number of fused-ring (bicyclic) bond motifs is 1. The zero-order valence-electron chi connectivity index (χ0n) is 22.1. The zero-order chi connectivity index (χ0) is 27.2. The highest BCUT2D eigenvalue weighted by atomic mass is 19.1. The summed E-state index contributed by atoms with van der Waals surface area (Å²) >= 11 is 0. The molecule has 2 heterocycles. The van der Waals surface area contributed by atoms with E-state index >= 15 is 0 Å². The number of hydrogen-bond acceptors (Lipinski definition) is 4. The quantitative estimate of drug-likeness (QED) is 0.394. The van der Waals surface area contributed by atoms with Crippen molar-refractivity contribution < 1.29 is 18.8 Å². The van der Waals surface area contributed by atoms with Gasteiger partial charge in [-0.25, -0.2) is 8.78 Å². The lowest BCUT2D eigenvalue weighted by Crippen LogP contribution is -2.42. The second kappa shape index (κ2) is 9.70. The van der Waals surface area contributed by atoms with Gasteiger partial charge in [0, 0.05) is 30.8 Å². The van der Waals surface area contributed by atoms with Crippen LogP contribution in [0.25, 0.3) is 12.2 Å². The first kappa shape index (κ1) is 26.2. The Bertz CT molecular complexity index is 1370. The summed E-state index contributed by atoms with van der Waals surface area (Å²) in [6.45, 7) is 9.52. The summed E-state index contributed by atoms with van der Waals surface area (Å²) < 4.78 is 26.9. The molecule has 0 radical (unpaired) electrons. The Morgan fingerprint density at radius 1 is 0.763 bits per heavy atom. The van der Waals surface area contributed by atoms with Crippen molar-refractivity contribution in [1.29, 1.82) is 0 Å². The average molecular weight is 515 g/mol. The van der Waals surface area contributed by atoms with Crippen LogP contribution in [0.15, 0.2) is 77.9 Å². The van der Waals surface area contributed by atoms with E-state index in [0.29, 0.717) is 30.8 Å². The number of piperidine rings is 1. The van der Waals surface area contributed by atoms with Gasteiger partial charge < -0.3 is 5.21 Å². The second-order valence-corrected chi connectivity index (χ2v) is 11.2. The molecule has 2 aliphatic heterocycles. The number of halogens is 2. The summed E-state index contributed by atoms with van der Waals surface area (Å²) in [5.74, 6) is -0.725. The number of carbonyl (C=O) groups is 1. The molecule has 5 rings (SSSR count). The molecule has 0 atom stereocenters. The molecule has 1 N–H and O–H groups in total. The molecule has 4 nitrogen and oxygen atoms in total. The van der Waals surface area contributed by atoms with Crippen LogP contribution in [0.5, 0.6) is 0 Å². The number of nitrogens with zero attached hydrogens (tertiary/aromatic N) is 2. The van der Waals surface area contributed by atoms with Gasteiger partial charge in [-0.05, 0) is 91.9 Å². The fraction of sp³-hybridized carbons (Fsp3) is 0.281. The Balaban J connectivity index is 1.49. The van der Waals surface area contributed by atoms with Gasteiger partial charge in [0.1, 0.15) is 11.6 Å². The Morgan fingerprint density at radius 2 is 1.24 bits per heavy atom. The normalized spacial score (nSPS) is 21.3. The van der Waals surface area contributed by atoms with Crippen molar-refractivity contribution in [1.82, 2.24) is 9.96 Å². The number of Topliss-reactive ketones (excluding diaryl/α,β-unsaturated/α-hetero) is 1. The van der Waals surface area contributed by atoms with Crippen molar-refractivity contribution in [3.05, 3.63) is 117 Å². The minimum Gasteiger partial charge on any atom is -0.312 e. The predicted molar refractivity (Wildman–Crippen MR) is 145 cm³/mol. The standard InChI is InChI=1S/C32H32F2N2O2/c1-31(2)28-14-9-23(17-29(28)32(3,4)36(31)38)18-35-19-24(15-21-5-10-26(33)11-6-21)30(37)25(20-35)16-22-7-12-27(34)13-8-22/h5-17,38H,18-20H2,1-4H3/b24-15+,25-16+. The summed E-state index contributed by atoms with van der Waals surface area (Å²) in [5.41, 5.74) is 4.96. The van der Waals surface area contributed by atoms with Crippen molar-refractivity contribution in [2.24, 2.45) is 0 Å². The molecular formula is C32H32F2N2O2. The summed E-state index contributed by atoms with van der Waals surface area (Å²) in [4.78, 5) is 15.7. The molecule has 0 aromatic heterocycles. The molecule has 2 aliphatic rings. The third-order valence-corrected chi connectivity index (χ3v) is 7.66. The van der Waals surface area contributed by atoms with Gasteiger partial charge in [-0.15, -0.1) is 0 Å². The van der Waals surface area contributed by atoms with Gasteiger partial charge in [0.05, 0.1) is 11.1 Å². The van der Waals surface area contributed by atoms with E-state index in [1.54, 1.807) is 24.3 Å². The summed E-state index contributed by atoms with van der Waals surface area (Å²) in [7, 11) is 0. The zero-order valence-corrected chi connectivity index (χ0v) is 22.1. The molecule has 6 heteroatoms. The Hall–Kier alpha value is -3.45. The maximum atomic E-state index is 13.5. The van der Waals surface area contributed by atoms with Crippen LogP contribution < -0.4 is 0 Å². The van der Waals surface area contributed by atoms with E-state index in [0.717, 1.165) is 27.8 Å². The van der Waals surface area contributed by atoms with E-state index in [-0.39, 0.29) is 17.4 Å². The first-order chi connectivity index (χ1) is 17.9. The molecule has 0 bridgehead atoms. The minimum atomic E-state index is -0.534. The van der Waals surface area contributed by atoms with E-state index < -0.39 is 11.1 Å². The van der Waals surface area contributed by atoms with Crippen LogP contribution >= 0.6 is 0 Å². The van der Waals surface area contributed by atoms with Gasteiger partial charge in [-0.3, -0.25) is 9.69 Å². The number of ketones is 1. The fourth-order valence-electron chi connectivity index (χ4n) is 5.66. The van der Waals surface area contributed by atoms with Gasteiger partial charge in [-0.1, -0.05) is 42.5 Å². The van der Waals surface area contributed by atoms with E-state index in [9.17, 15) is 18.8 Å². The van der Waals surface area contributed by atoms with Crippen LogP contribution in [-0.2, 0) is 22.4 Å². The molecule has 0 spiro atoms. The lowest BCUT2D eigenvalue weighted by atomic mass is 9.89. The first-order valence-electron chi connectivity index (χ1n) is 12.8. The van der Waals surface area contributed by atoms with Crippen molar-refractivity contribution >= 4 is 17.9 Å². The molecule has 1 saturated heterocycles. The summed E-state index contributed by atoms with van der Waals surface area (Å²) in [6.07, 6.45) is 3.62. The van der Waals surface area contributed by atoms with Crippen LogP contribution in [0.3, 0.4) is 0 Å². The number of hydroxylamine groups is 2. The number of hydrogen-bond donors (Lipinski definition) is 1. The fourth-order valence-corrected chi connectivity index (χ4v) is 5.66. The van der Waals surface area contributed by atoms with Gasteiger partial charge in [0.25, 0.3) is 0 Å². The van der Waals surface area contributed by atoms with E-state index in [4.69, 9.17) is 0 Å². The first-order valence-corrected chi connectivity index (χ1v) is 12.8. The molecule has 1 fully saturated rings. The SMILES string of the molecule is CC1(C)c2ccc(CN3C/C(=C\c4ccc(F)cc4)C(=O)/C(=C/c4ccc(F)cc4)C3)cc2C(C)(C)N1O. The van der Waals surface area contributed by atoms with Gasteiger partial charge in [0.2, 0.25) is 0 Å². The Labute approximate surface area is 222 Å². The molecule has 3 aromatic carbocycles. The third-order valence-electron chi connectivity index (χ3n) is 7.66. The van der Waals surface area contributed by atoms with E-state index in [1.165, 1.54) is 29.3 Å². The van der Waals surface area contributed by atoms with E-state index in [1.807, 2.05) is 39.8 Å². The highest BCUT2D eigenvalue weighted by Gasteiger charge is 2.48. The molecule has 0 amide bonds. The molecule has 0 unspecified atom stereocenters. The number of rotatable bonds is 4. The largest absolute Gasteiger partial charge is 0.312 e. The second-order valence-electron chi connectivity index (χ2n) is 11.2. The Morgan fingerprint density at radius 3 is 1.74 bits per heavy atom. The van der Waals surface area contributed by atoms with Crippen molar-refractivity contribution in [2.75, 3.05) is 13.1 Å². The van der Waals surface area contributed by atoms with Crippen LogP contribution in [0.2, 0.25) is 0 Å². The minimum absolute atomic E-state index is 0.0670. The van der Waals surface area contributed by atoms with E-state index in [2.05, 4.69) is 23.1 Å². The van der Waals surface area contributed by atoms with Gasteiger partial charge in [-0.2, -0.15) is 5.06 Å². The number of likely N-dealkylation sites (tertiary alicyclic amines) is 1. The lowest BCUT2D eigenvalue weighted by Gasteiger charge is -2.34. The van der Waals surface area contributed by atoms with Gasteiger partial charge >= 0.3 is 0 Å². The molecule has 196 valence electrons. The summed E-state index contributed by atoms with van der Waals surface area (Å²) in [5, 5.41) is 12.3. The van der Waals surface area contributed by atoms with Crippen LogP contribution in [0.1, 0.15) is 55.5 Å². The van der Waals surface area contributed by atoms with Crippen molar-refractivity contribution in [3.8, 4) is 0 Å². The molecule has 0 aliphatic carbocycles.